The van der Waals surface area contributed by atoms with Gasteiger partial charge >= 0.3 is 5.97 Å². The highest BCUT2D eigenvalue weighted by atomic mass is 35.5. The first-order valence-electron chi connectivity index (χ1n) is 10.1. The summed E-state index contributed by atoms with van der Waals surface area (Å²) in [6.45, 7) is 0.150. The smallest absolute Gasteiger partial charge is 0.345 e. The van der Waals surface area contributed by atoms with Crippen molar-refractivity contribution >= 4 is 56.8 Å². The van der Waals surface area contributed by atoms with Gasteiger partial charge in [0.15, 0.2) is 5.95 Å². The molecular weight excluding hydrogens is 511 g/mol. The third-order valence-corrected chi connectivity index (χ3v) is 7.40. The van der Waals surface area contributed by atoms with Crippen molar-refractivity contribution < 1.29 is 28.0 Å². The van der Waals surface area contributed by atoms with Gasteiger partial charge in [-0.3, -0.25) is 4.79 Å². The van der Waals surface area contributed by atoms with Crippen molar-refractivity contribution in [1.82, 2.24) is 20.0 Å². The molecule has 15 heteroatoms. The van der Waals surface area contributed by atoms with Crippen LogP contribution in [0.3, 0.4) is 0 Å². The van der Waals surface area contributed by atoms with Crippen molar-refractivity contribution in [2.24, 2.45) is 5.16 Å². The molecule has 1 aromatic carbocycles. The summed E-state index contributed by atoms with van der Waals surface area (Å²) in [7, 11) is -4.59. The van der Waals surface area contributed by atoms with E-state index in [1.54, 1.807) is 6.20 Å². The number of nitrogen functional groups attached to an aromatic ring is 1. The van der Waals surface area contributed by atoms with Gasteiger partial charge in [-0.05, 0) is 37.8 Å². The number of nitrogens with zero attached hydrogens (tertiary/aromatic N) is 2. The van der Waals surface area contributed by atoms with Gasteiger partial charge in [-0.15, -0.1) is 0 Å². The van der Waals surface area contributed by atoms with Gasteiger partial charge in [-0.2, -0.15) is 4.72 Å². The van der Waals surface area contributed by atoms with E-state index in [-0.39, 0.29) is 47.6 Å². The molecule has 2 aromatic rings. The first-order valence-corrected chi connectivity index (χ1v) is 12.3. The number of nitrogens with one attached hydrogen (secondary N) is 3. The van der Waals surface area contributed by atoms with E-state index in [0.29, 0.717) is 12.8 Å². The number of carbonyl (C=O) groups is 2. The van der Waals surface area contributed by atoms with Crippen LogP contribution in [0.1, 0.15) is 31.4 Å². The van der Waals surface area contributed by atoms with Crippen LogP contribution in [-0.4, -0.2) is 53.4 Å². The lowest BCUT2D eigenvalue weighted by Crippen LogP contribution is -2.66. The molecule has 1 aliphatic rings. The number of carbonyl (C=O) groups excluding carboxylic acids is 1. The van der Waals surface area contributed by atoms with E-state index >= 15 is 0 Å². The Hall–Kier alpha value is -2.87. The Bertz CT molecular complexity index is 1200. The van der Waals surface area contributed by atoms with E-state index in [2.05, 4.69) is 25.2 Å². The molecule has 2 heterocycles. The largest absolute Gasteiger partial charge is 0.478 e. The standard InChI is InChI=1S/C19H22Cl2N6O6S/c20-12-5-3-6-13(21)15(12)34(31,32)27-19(17(29)30,25-16(28)14-7-9-33-26-14)8-2-1-4-11-10-23-18(22)24-11/h3,5-6,10,27H,1-2,4,7-9H2,(H,25,28)(H,29,30)(H3,22,23,24). The van der Waals surface area contributed by atoms with Crippen LogP contribution in [0.5, 0.6) is 0 Å². The van der Waals surface area contributed by atoms with E-state index in [1.165, 1.54) is 18.2 Å². The molecule has 0 fully saturated rings. The molecule has 6 N–H and O–H groups in total. The molecule has 1 aromatic heterocycles. The first-order chi connectivity index (χ1) is 16.0. The van der Waals surface area contributed by atoms with Crippen molar-refractivity contribution in [3.05, 3.63) is 40.1 Å². The predicted molar refractivity (Wildman–Crippen MR) is 124 cm³/mol. The maximum Gasteiger partial charge on any atom is 0.345 e. The summed E-state index contributed by atoms with van der Waals surface area (Å²) in [5.74, 6) is -2.27. The summed E-state index contributed by atoms with van der Waals surface area (Å²) in [5.41, 5.74) is 3.79. The van der Waals surface area contributed by atoms with Gasteiger partial charge in [0.05, 0.1) is 16.2 Å². The Balaban J connectivity index is 1.88. The number of H-pyrrole nitrogens is 1. The third-order valence-electron chi connectivity index (χ3n) is 4.95. The number of aliphatic carboxylic acids is 1. The highest BCUT2D eigenvalue weighted by Gasteiger charge is 2.45. The van der Waals surface area contributed by atoms with Crippen molar-refractivity contribution in [3.63, 3.8) is 0 Å². The number of aromatic amines is 1. The van der Waals surface area contributed by atoms with Crippen molar-refractivity contribution in [3.8, 4) is 0 Å². The fraction of sp³-hybridized carbons (Fsp3) is 0.368. The number of rotatable bonds is 11. The van der Waals surface area contributed by atoms with Crippen molar-refractivity contribution in [2.75, 3.05) is 12.3 Å². The predicted octanol–water partition coefficient (Wildman–Crippen LogP) is 1.66. The number of imidazole rings is 1. The highest BCUT2D eigenvalue weighted by molar-refractivity contribution is 7.89. The maximum atomic E-state index is 13.2. The molecule has 1 aliphatic heterocycles. The number of hydrogen-bond donors (Lipinski definition) is 5. The van der Waals surface area contributed by atoms with Gasteiger partial charge in [0.2, 0.25) is 15.7 Å². The molecule has 34 heavy (non-hydrogen) atoms. The summed E-state index contributed by atoms with van der Waals surface area (Å²) in [4.78, 5) is 36.1. The maximum absolute atomic E-state index is 13.2. The molecule has 1 atom stereocenters. The number of halogens is 2. The molecule has 1 unspecified atom stereocenters. The number of amides is 1. The molecule has 0 radical (unpaired) electrons. The van der Waals surface area contributed by atoms with Crippen LogP contribution in [0.25, 0.3) is 0 Å². The Morgan fingerprint density at radius 1 is 1.26 bits per heavy atom. The fourth-order valence-electron chi connectivity index (χ4n) is 3.30. The number of unbranched alkanes of at least 4 members (excludes halogenated alkanes) is 1. The molecular formula is C19H22Cl2N6O6S. The number of sulfonamides is 1. The topological polar surface area (TPSA) is 189 Å². The molecule has 0 spiro atoms. The van der Waals surface area contributed by atoms with E-state index in [9.17, 15) is 23.1 Å². The van der Waals surface area contributed by atoms with Gasteiger partial charge in [-0.25, -0.2) is 18.2 Å². The number of anilines is 1. The lowest BCUT2D eigenvalue weighted by Gasteiger charge is -2.31. The minimum absolute atomic E-state index is 0.0615. The number of oxime groups is 1. The van der Waals surface area contributed by atoms with Gasteiger partial charge < -0.3 is 26.0 Å². The number of benzene rings is 1. The van der Waals surface area contributed by atoms with Crippen LogP contribution in [0, 0.1) is 0 Å². The van der Waals surface area contributed by atoms with E-state index in [1.807, 2.05) is 0 Å². The third kappa shape index (κ3) is 5.97. The molecule has 0 bridgehead atoms. The Kier molecular flexibility index (Phi) is 8.02. The summed E-state index contributed by atoms with van der Waals surface area (Å²) < 4.78 is 28.5. The van der Waals surface area contributed by atoms with Crippen LogP contribution in [0.15, 0.2) is 34.4 Å². The zero-order chi connectivity index (χ0) is 24.9. The Morgan fingerprint density at radius 3 is 2.53 bits per heavy atom. The Morgan fingerprint density at radius 2 is 1.97 bits per heavy atom. The summed E-state index contributed by atoms with van der Waals surface area (Å²) in [6.07, 6.45) is 2.50. The molecule has 3 rings (SSSR count). The summed E-state index contributed by atoms with van der Waals surface area (Å²) in [6, 6.07) is 4.03. The average Bonchev–Trinajstić information content (AvgIpc) is 3.42. The van der Waals surface area contributed by atoms with Gasteiger partial charge in [0, 0.05) is 12.1 Å². The molecule has 0 aliphatic carbocycles. The number of nitrogens with two attached hydrogens (primary N) is 1. The molecule has 1 amide bonds. The van der Waals surface area contributed by atoms with Crippen molar-refractivity contribution in [2.45, 2.75) is 42.7 Å². The van der Waals surface area contributed by atoms with Gasteiger partial charge in [0.25, 0.3) is 5.91 Å². The Labute approximate surface area is 204 Å². The fourth-order valence-corrected chi connectivity index (χ4v) is 5.76. The molecule has 12 nitrogen and oxygen atoms in total. The quantitative estimate of drug-likeness (QED) is 0.213. The zero-order valence-corrected chi connectivity index (χ0v) is 20.0. The normalized spacial score (nSPS) is 15.3. The van der Waals surface area contributed by atoms with Crippen molar-refractivity contribution in [1.29, 1.82) is 0 Å². The lowest BCUT2D eigenvalue weighted by molar-refractivity contribution is -0.148. The van der Waals surface area contributed by atoms with E-state index in [4.69, 9.17) is 33.8 Å². The summed E-state index contributed by atoms with van der Waals surface area (Å²) in [5, 5.41) is 15.5. The number of carboxylic acid groups (broad SMARTS) is 1. The van der Waals surface area contributed by atoms with E-state index < -0.39 is 32.5 Å². The molecule has 184 valence electrons. The van der Waals surface area contributed by atoms with Crippen LogP contribution >= 0.6 is 23.2 Å². The number of aryl methyl sites for hydroxylation is 1. The van der Waals surface area contributed by atoms with E-state index in [0.717, 1.165) is 5.69 Å². The molecule has 0 saturated carbocycles. The second-order valence-corrected chi connectivity index (χ2v) is 9.88. The first kappa shape index (κ1) is 25.7. The minimum Gasteiger partial charge on any atom is -0.478 e. The van der Waals surface area contributed by atoms with Crippen LogP contribution in [0.4, 0.5) is 5.95 Å². The summed E-state index contributed by atoms with van der Waals surface area (Å²) >= 11 is 12.1. The average molecular weight is 533 g/mol. The SMILES string of the molecule is Nc1ncc(CCCCC(NC(=O)C2=NOCC2)(NS(=O)(=O)c2c(Cl)cccc2Cl)C(=O)O)[nH]1. The second kappa shape index (κ2) is 10.6. The number of carboxylic acids is 1. The number of hydrogen-bond acceptors (Lipinski definition) is 8. The molecule has 0 saturated heterocycles. The van der Waals surface area contributed by atoms with Gasteiger partial charge in [-0.1, -0.05) is 34.4 Å². The zero-order valence-electron chi connectivity index (χ0n) is 17.7. The minimum atomic E-state index is -4.59. The van der Waals surface area contributed by atoms with Crippen LogP contribution in [-0.2, 0) is 30.9 Å². The monoisotopic (exact) mass is 532 g/mol. The number of aromatic nitrogens is 2. The van der Waals surface area contributed by atoms with Crippen LogP contribution in [0.2, 0.25) is 10.0 Å². The lowest BCUT2D eigenvalue weighted by atomic mass is 10.0. The van der Waals surface area contributed by atoms with Gasteiger partial charge in [0.1, 0.15) is 17.2 Å². The second-order valence-electron chi connectivity index (χ2n) is 7.44. The highest BCUT2D eigenvalue weighted by Crippen LogP contribution is 2.30. The van der Waals surface area contributed by atoms with Crippen LogP contribution < -0.4 is 15.8 Å².